The average molecular weight is 496 g/mol. The Bertz CT molecular complexity index is 1150. The first-order chi connectivity index (χ1) is 16.9. The van der Waals surface area contributed by atoms with Crippen molar-refractivity contribution in [3.8, 4) is 0 Å². The predicted octanol–water partition coefficient (Wildman–Crippen LogP) is 3.57. The molecule has 2 aliphatic heterocycles. The lowest BCUT2D eigenvalue weighted by atomic mass is 9.89. The Labute approximate surface area is 207 Å². The maximum atomic E-state index is 13.9. The van der Waals surface area contributed by atoms with Crippen LogP contribution in [-0.4, -0.2) is 65.4 Å². The smallest absolute Gasteiger partial charge is 0.293 e. The van der Waals surface area contributed by atoms with Gasteiger partial charge < -0.3 is 5.32 Å². The lowest BCUT2D eigenvalue weighted by Gasteiger charge is -2.30. The highest BCUT2D eigenvalue weighted by molar-refractivity contribution is 8.18. The van der Waals surface area contributed by atoms with Gasteiger partial charge in [0, 0.05) is 30.1 Å². The highest BCUT2D eigenvalue weighted by atomic mass is 32.2. The normalized spacial score (nSPS) is 18.3. The van der Waals surface area contributed by atoms with Crippen LogP contribution < -0.4 is 5.32 Å². The van der Waals surface area contributed by atoms with Gasteiger partial charge in [-0.15, -0.1) is 0 Å². The number of amides is 3. The van der Waals surface area contributed by atoms with Crippen LogP contribution in [0.15, 0.2) is 59.5 Å². The third kappa shape index (κ3) is 6.23. The minimum atomic E-state index is -0.498. The van der Waals surface area contributed by atoms with Gasteiger partial charge in [0.25, 0.3) is 11.1 Å². The molecule has 9 heteroatoms. The number of Topliss-reactive ketones (excluding diaryl/α,β-unsaturated/α-hetero) is 1. The number of carbonyl (C=O) groups is 4. The first-order valence-corrected chi connectivity index (χ1v) is 12.3. The number of nitrogens with zero attached hydrogens (tertiary/aromatic N) is 2. The van der Waals surface area contributed by atoms with Gasteiger partial charge in [0.05, 0.1) is 11.4 Å². The Kier molecular flexibility index (Phi) is 8.09. The number of hydrogen-bond acceptors (Lipinski definition) is 6. The summed E-state index contributed by atoms with van der Waals surface area (Å²) in [7, 11) is 0. The van der Waals surface area contributed by atoms with Crippen molar-refractivity contribution in [1.82, 2.24) is 15.1 Å². The molecule has 2 aromatic carbocycles. The van der Waals surface area contributed by atoms with E-state index in [1.807, 2.05) is 35.2 Å². The molecule has 0 bridgehead atoms. The summed E-state index contributed by atoms with van der Waals surface area (Å²) in [6.45, 7) is 1.67. The molecule has 0 unspecified atom stereocenters. The highest BCUT2D eigenvalue weighted by Gasteiger charge is 2.35. The quantitative estimate of drug-likeness (QED) is 0.445. The molecule has 4 rings (SSSR count). The molecule has 0 saturated carbocycles. The summed E-state index contributed by atoms with van der Waals surface area (Å²) in [6.07, 6.45) is 2.77. The Hall–Kier alpha value is -3.30. The molecular weight excluding hydrogens is 469 g/mol. The van der Waals surface area contributed by atoms with Crippen LogP contribution in [0.3, 0.4) is 0 Å². The number of rotatable bonds is 8. The zero-order valence-corrected chi connectivity index (χ0v) is 19.9. The summed E-state index contributed by atoms with van der Waals surface area (Å²) in [5.41, 5.74) is 0.959. The molecule has 3 amide bonds. The first-order valence-electron chi connectivity index (χ1n) is 11.5. The summed E-state index contributed by atoms with van der Waals surface area (Å²) >= 11 is 0.757. The number of nitrogens with one attached hydrogen (secondary N) is 1. The summed E-state index contributed by atoms with van der Waals surface area (Å²) in [5.74, 6) is -1.06. The van der Waals surface area contributed by atoms with Gasteiger partial charge in [0.15, 0.2) is 5.78 Å². The molecule has 1 N–H and O–H groups in total. The Morgan fingerprint density at radius 1 is 1.03 bits per heavy atom. The van der Waals surface area contributed by atoms with Crippen LogP contribution in [0.25, 0.3) is 6.08 Å². The maximum Gasteiger partial charge on any atom is 0.293 e. The summed E-state index contributed by atoms with van der Waals surface area (Å²) < 4.78 is 13.9. The van der Waals surface area contributed by atoms with E-state index >= 15 is 0 Å². The maximum absolute atomic E-state index is 13.9. The van der Waals surface area contributed by atoms with Gasteiger partial charge >= 0.3 is 0 Å². The molecule has 2 fully saturated rings. The number of halogens is 1. The van der Waals surface area contributed by atoms with Crippen LogP contribution in [0, 0.1) is 11.7 Å². The zero-order valence-electron chi connectivity index (χ0n) is 19.1. The van der Waals surface area contributed by atoms with E-state index < -0.39 is 17.0 Å². The van der Waals surface area contributed by atoms with Crippen molar-refractivity contribution >= 4 is 40.7 Å². The number of hydrogen-bond donors (Lipinski definition) is 1. The third-order valence-electron chi connectivity index (χ3n) is 6.11. The summed E-state index contributed by atoms with van der Waals surface area (Å²) in [4.78, 5) is 53.0. The number of imide groups is 1. The van der Waals surface area contributed by atoms with E-state index in [4.69, 9.17) is 0 Å². The molecule has 0 atom stereocenters. The largest absolute Gasteiger partial charge is 0.353 e. The van der Waals surface area contributed by atoms with Gasteiger partial charge in [-0.25, -0.2) is 4.39 Å². The first kappa shape index (κ1) is 24.8. The molecule has 2 aliphatic rings. The molecule has 0 radical (unpaired) electrons. The van der Waals surface area contributed by atoms with Crippen molar-refractivity contribution < 1.29 is 23.6 Å². The van der Waals surface area contributed by atoms with Crippen molar-refractivity contribution in [3.63, 3.8) is 0 Å². The van der Waals surface area contributed by atoms with Gasteiger partial charge in [-0.05, 0) is 49.8 Å². The van der Waals surface area contributed by atoms with E-state index in [1.165, 1.54) is 18.2 Å². The van der Waals surface area contributed by atoms with Crippen molar-refractivity contribution in [2.45, 2.75) is 12.8 Å². The van der Waals surface area contributed by atoms with Gasteiger partial charge in [-0.1, -0.05) is 48.5 Å². The van der Waals surface area contributed by atoms with Crippen LogP contribution in [0.1, 0.15) is 28.8 Å². The Morgan fingerprint density at radius 3 is 2.43 bits per heavy atom. The third-order valence-corrected chi connectivity index (χ3v) is 7.01. The van der Waals surface area contributed by atoms with E-state index in [-0.39, 0.29) is 47.7 Å². The fourth-order valence-corrected chi connectivity index (χ4v) is 5.04. The molecule has 0 aliphatic carbocycles. The second-order valence-electron chi connectivity index (χ2n) is 8.49. The number of piperidine rings is 1. The van der Waals surface area contributed by atoms with E-state index in [9.17, 15) is 23.6 Å². The lowest BCUT2D eigenvalue weighted by Crippen LogP contribution is -2.44. The van der Waals surface area contributed by atoms with Crippen molar-refractivity contribution in [2.75, 3.05) is 32.7 Å². The minimum Gasteiger partial charge on any atom is -0.353 e. The molecule has 0 spiro atoms. The molecule has 2 aromatic rings. The Balaban J connectivity index is 1.20. The van der Waals surface area contributed by atoms with Crippen LogP contribution in [0.4, 0.5) is 9.18 Å². The van der Waals surface area contributed by atoms with E-state index in [1.54, 1.807) is 12.1 Å². The number of ketones is 1. The van der Waals surface area contributed by atoms with Gasteiger partial charge in [-0.2, -0.15) is 0 Å². The fraction of sp³-hybridized carbons (Fsp3) is 0.308. The average Bonchev–Trinajstić information content (AvgIpc) is 3.13. The summed E-state index contributed by atoms with van der Waals surface area (Å²) in [5, 5.41) is 2.30. The topological polar surface area (TPSA) is 86.8 Å². The van der Waals surface area contributed by atoms with Gasteiger partial charge in [0.1, 0.15) is 5.82 Å². The molecule has 182 valence electrons. The van der Waals surface area contributed by atoms with E-state index in [0.29, 0.717) is 25.9 Å². The number of benzene rings is 2. The predicted molar refractivity (Wildman–Crippen MR) is 132 cm³/mol. The standard InChI is InChI=1S/C26H26FN3O4S/c27-21-9-5-4-8-20(21)16-22-25(33)30(26(34)35-22)15-12-28-23(31)17-29-13-10-19(11-14-29)24(32)18-6-2-1-3-7-18/h1-9,16,19H,10-15,17H2,(H,28,31)/b22-16-. The molecule has 2 saturated heterocycles. The number of carbonyl (C=O) groups excluding carboxylic acids is 4. The molecule has 7 nitrogen and oxygen atoms in total. The van der Waals surface area contributed by atoms with Crippen molar-refractivity contribution in [3.05, 3.63) is 76.4 Å². The van der Waals surface area contributed by atoms with Gasteiger partial charge in [-0.3, -0.25) is 29.0 Å². The Morgan fingerprint density at radius 2 is 1.71 bits per heavy atom. The van der Waals surface area contributed by atoms with Crippen LogP contribution in [0.5, 0.6) is 0 Å². The number of thioether (sulfide) groups is 1. The second-order valence-corrected chi connectivity index (χ2v) is 9.48. The SMILES string of the molecule is O=C(CN1CCC(C(=O)c2ccccc2)CC1)NCCN1C(=O)S/C(=C\c2ccccc2F)C1=O. The molecule has 2 heterocycles. The lowest BCUT2D eigenvalue weighted by molar-refractivity contribution is -0.125. The monoisotopic (exact) mass is 495 g/mol. The molecular formula is C26H26FN3O4S. The summed E-state index contributed by atoms with van der Waals surface area (Å²) in [6, 6.07) is 15.3. The second kappa shape index (κ2) is 11.4. The van der Waals surface area contributed by atoms with Crippen molar-refractivity contribution in [1.29, 1.82) is 0 Å². The molecule has 0 aromatic heterocycles. The fourth-order valence-electron chi connectivity index (χ4n) is 4.18. The van der Waals surface area contributed by atoms with Crippen molar-refractivity contribution in [2.24, 2.45) is 5.92 Å². The van der Waals surface area contributed by atoms with Crippen LogP contribution in [0.2, 0.25) is 0 Å². The van der Waals surface area contributed by atoms with Crippen LogP contribution >= 0.6 is 11.8 Å². The highest BCUT2D eigenvalue weighted by Crippen LogP contribution is 2.32. The van der Waals surface area contributed by atoms with Gasteiger partial charge in [0.2, 0.25) is 5.91 Å². The van der Waals surface area contributed by atoms with E-state index in [2.05, 4.69) is 5.32 Å². The van der Waals surface area contributed by atoms with E-state index in [0.717, 1.165) is 22.2 Å². The number of likely N-dealkylation sites (tertiary alicyclic amines) is 1. The molecule has 35 heavy (non-hydrogen) atoms. The van der Waals surface area contributed by atoms with Crippen LogP contribution in [-0.2, 0) is 9.59 Å². The minimum absolute atomic E-state index is 0.0342. The zero-order chi connectivity index (χ0) is 24.8.